The van der Waals surface area contributed by atoms with Gasteiger partial charge < -0.3 is 14.3 Å². The number of benzene rings is 1. The quantitative estimate of drug-likeness (QED) is 0.405. The van der Waals surface area contributed by atoms with Gasteiger partial charge in [0.25, 0.3) is 5.91 Å². The highest BCUT2D eigenvalue weighted by Gasteiger charge is 2.52. The third kappa shape index (κ3) is 4.04. The van der Waals surface area contributed by atoms with E-state index in [9.17, 15) is 14.4 Å². The topological polar surface area (TPSA) is 122 Å². The van der Waals surface area contributed by atoms with Crippen LogP contribution in [-0.4, -0.2) is 43.4 Å². The van der Waals surface area contributed by atoms with Gasteiger partial charge in [-0.25, -0.2) is 4.79 Å². The largest absolute Gasteiger partial charge is 0.467 e. The number of imide groups is 1. The third-order valence-electron chi connectivity index (χ3n) is 4.94. The van der Waals surface area contributed by atoms with Crippen LogP contribution in [0.4, 0.5) is 4.79 Å². The van der Waals surface area contributed by atoms with Crippen LogP contribution < -0.4 is 10.7 Å². The molecule has 1 aliphatic rings. The van der Waals surface area contributed by atoms with E-state index < -0.39 is 23.4 Å². The normalized spacial score (nSPS) is 18.3. The van der Waals surface area contributed by atoms with Gasteiger partial charge in [0, 0.05) is 0 Å². The van der Waals surface area contributed by atoms with E-state index in [0.717, 1.165) is 22.5 Å². The minimum Gasteiger partial charge on any atom is -0.467 e. The lowest BCUT2D eigenvalue weighted by molar-refractivity contribution is -0.138. The number of carbonyl (C=O) groups excluding carboxylic acids is 3. The first kappa shape index (κ1) is 20.7. The summed E-state index contributed by atoms with van der Waals surface area (Å²) >= 11 is 1.14. The molecule has 10 nitrogen and oxygen atoms in total. The van der Waals surface area contributed by atoms with Crippen molar-refractivity contribution in [2.75, 3.05) is 5.75 Å². The first-order valence-corrected chi connectivity index (χ1v) is 10.6. The lowest BCUT2D eigenvalue weighted by Gasteiger charge is -2.25. The van der Waals surface area contributed by atoms with Crippen LogP contribution in [0.1, 0.15) is 24.7 Å². The summed E-state index contributed by atoms with van der Waals surface area (Å²) < 4.78 is 7.05. The highest BCUT2D eigenvalue weighted by atomic mass is 32.2. The zero-order valence-corrected chi connectivity index (χ0v) is 17.5. The Kier molecular flexibility index (Phi) is 5.76. The molecule has 1 fully saturated rings. The fraction of sp³-hybridized carbons (Fsp3) is 0.250. The molecule has 3 aromatic rings. The first-order valence-electron chi connectivity index (χ1n) is 9.58. The lowest BCUT2D eigenvalue weighted by atomic mass is 9.87. The number of aromatic nitrogens is 3. The maximum atomic E-state index is 13.1. The van der Waals surface area contributed by atoms with Gasteiger partial charge in [0.05, 0.1) is 18.6 Å². The van der Waals surface area contributed by atoms with Crippen LogP contribution in [0, 0.1) is 0 Å². The van der Waals surface area contributed by atoms with Crippen LogP contribution in [0.15, 0.2) is 64.6 Å². The molecule has 0 radical (unpaired) electrons. The van der Waals surface area contributed by atoms with Crippen molar-refractivity contribution in [2.45, 2.75) is 30.6 Å². The molecule has 4 amide bonds. The number of hydrogen-bond acceptors (Lipinski definition) is 7. The standard InChI is InChI=1S/C20H20N6O4S/c1-2-20(14-7-4-3-5-8-14)17(28)26(18(29)22-20)24-16(27)12-31-19-23-21-13-25(19)11-15-9-6-10-30-15/h3-10,13H,2,11-12H2,1H3,(H,22,29)(H,24,27). The summed E-state index contributed by atoms with van der Waals surface area (Å²) in [5.74, 6) is -0.368. The van der Waals surface area contributed by atoms with Crippen molar-refractivity contribution in [1.82, 2.24) is 30.5 Å². The van der Waals surface area contributed by atoms with Crippen LogP contribution in [0.5, 0.6) is 0 Å². The van der Waals surface area contributed by atoms with E-state index in [4.69, 9.17) is 4.42 Å². The lowest BCUT2D eigenvalue weighted by Crippen LogP contribution is -2.49. The van der Waals surface area contributed by atoms with Crippen LogP contribution in [0.2, 0.25) is 0 Å². The molecule has 11 heteroatoms. The number of thioether (sulfide) groups is 1. The number of nitrogens with one attached hydrogen (secondary N) is 2. The molecular weight excluding hydrogens is 420 g/mol. The predicted molar refractivity (Wildman–Crippen MR) is 110 cm³/mol. The maximum absolute atomic E-state index is 13.1. The smallest absolute Gasteiger partial charge is 0.344 e. The molecule has 1 saturated heterocycles. The molecule has 1 aromatic carbocycles. The number of amides is 4. The van der Waals surface area contributed by atoms with Gasteiger partial charge in [-0.05, 0) is 24.1 Å². The Morgan fingerprint density at radius 3 is 2.74 bits per heavy atom. The van der Waals surface area contributed by atoms with Crippen molar-refractivity contribution in [2.24, 2.45) is 0 Å². The Morgan fingerprint density at radius 2 is 2.03 bits per heavy atom. The Balaban J connectivity index is 1.40. The minimum atomic E-state index is -1.21. The fourth-order valence-corrected chi connectivity index (χ4v) is 4.07. The van der Waals surface area contributed by atoms with E-state index in [2.05, 4.69) is 20.9 Å². The van der Waals surface area contributed by atoms with Gasteiger partial charge in [0.2, 0.25) is 5.91 Å². The average molecular weight is 440 g/mol. The van der Waals surface area contributed by atoms with E-state index in [1.165, 1.54) is 6.33 Å². The average Bonchev–Trinajstić information content (AvgIpc) is 3.51. The second-order valence-electron chi connectivity index (χ2n) is 6.84. The number of furan rings is 1. The van der Waals surface area contributed by atoms with Gasteiger partial charge in [-0.2, -0.15) is 5.01 Å². The number of rotatable bonds is 8. The van der Waals surface area contributed by atoms with Crippen LogP contribution in [-0.2, 0) is 21.7 Å². The number of nitrogens with zero attached hydrogens (tertiary/aromatic N) is 4. The van der Waals surface area contributed by atoms with Gasteiger partial charge >= 0.3 is 6.03 Å². The fourth-order valence-electron chi connectivity index (χ4n) is 3.36. The molecule has 1 unspecified atom stereocenters. The highest BCUT2D eigenvalue weighted by Crippen LogP contribution is 2.31. The predicted octanol–water partition coefficient (Wildman–Crippen LogP) is 1.90. The molecule has 1 aliphatic heterocycles. The van der Waals surface area contributed by atoms with Crippen molar-refractivity contribution in [3.63, 3.8) is 0 Å². The van der Waals surface area contributed by atoms with Crippen LogP contribution >= 0.6 is 11.8 Å². The summed E-state index contributed by atoms with van der Waals surface area (Å²) in [4.78, 5) is 38.0. The van der Waals surface area contributed by atoms with Gasteiger partial charge in [-0.1, -0.05) is 49.0 Å². The van der Waals surface area contributed by atoms with Crippen molar-refractivity contribution in [1.29, 1.82) is 0 Å². The molecule has 2 N–H and O–H groups in total. The summed E-state index contributed by atoms with van der Waals surface area (Å²) in [5, 5.41) is 11.8. The minimum absolute atomic E-state index is 0.0572. The van der Waals surface area contributed by atoms with Gasteiger partial charge in [0.1, 0.15) is 17.6 Å². The zero-order chi connectivity index (χ0) is 21.8. The zero-order valence-electron chi connectivity index (χ0n) is 16.6. The Bertz CT molecular complexity index is 1080. The Labute approximate surface area is 182 Å². The number of urea groups is 1. The van der Waals surface area contributed by atoms with Crippen molar-refractivity contribution in [3.8, 4) is 0 Å². The van der Waals surface area contributed by atoms with Crippen molar-refractivity contribution >= 4 is 29.6 Å². The molecule has 0 saturated carbocycles. The number of hydrogen-bond donors (Lipinski definition) is 2. The number of hydrazine groups is 1. The van der Waals surface area contributed by atoms with E-state index in [0.29, 0.717) is 23.7 Å². The Morgan fingerprint density at radius 1 is 1.23 bits per heavy atom. The van der Waals surface area contributed by atoms with E-state index >= 15 is 0 Å². The van der Waals surface area contributed by atoms with Gasteiger partial charge in [-0.3, -0.25) is 15.0 Å². The molecule has 0 bridgehead atoms. The van der Waals surface area contributed by atoms with E-state index in [1.54, 1.807) is 48.1 Å². The third-order valence-corrected chi connectivity index (χ3v) is 5.92. The van der Waals surface area contributed by atoms with Gasteiger partial charge in [-0.15, -0.1) is 10.2 Å². The molecule has 4 rings (SSSR count). The molecular formula is C20H20N6O4S. The Hall–Kier alpha value is -3.60. The van der Waals surface area contributed by atoms with Crippen LogP contribution in [0.25, 0.3) is 0 Å². The monoisotopic (exact) mass is 440 g/mol. The number of carbonyl (C=O) groups is 3. The van der Waals surface area contributed by atoms with E-state index in [1.807, 2.05) is 12.1 Å². The SMILES string of the molecule is CCC1(c2ccccc2)NC(=O)N(NC(=O)CSc2nncn2Cc2ccco2)C1=O. The van der Waals surface area contributed by atoms with Crippen molar-refractivity contribution < 1.29 is 18.8 Å². The maximum Gasteiger partial charge on any atom is 0.344 e. The summed E-state index contributed by atoms with van der Waals surface area (Å²) in [6, 6.07) is 11.9. The molecule has 1 atom stereocenters. The second-order valence-corrected chi connectivity index (χ2v) is 7.78. The molecule has 0 spiro atoms. The summed E-state index contributed by atoms with van der Waals surface area (Å²) in [6.07, 6.45) is 3.46. The summed E-state index contributed by atoms with van der Waals surface area (Å²) in [5.41, 5.74) is 1.85. The molecule has 31 heavy (non-hydrogen) atoms. The highest BCUT2D eigenvalue weighted by molar-refractivity contribution is 7.99. The van der Waals surface area contributed by atoms with Crippen molar-refractivity contribution in [3.05, 3.63) is 66.4 Å². The molecule has 2 aromatic heterocycles. The van der Waals surface area contributed by atoms with E-state index in [-0.39, 0.29) is 5.75 Å². The first-order chi connectivity index (χ1) is 15.0. The van der Waals surface area contributed by atoms with Crippen LogP contribution in [0.3, 0.4) is 0 Å². The molecule has 160 valence electrons. The summed E-state index contributed by atoms with van der Waals surface area (Å²) in [7, 11) is 0. The molecule has 3 heterocycles. The van der Waals surface area contributed by atoms with Gasteiger partial charge in [0.15, 0.2) is 5.16 Å². The molecule has 0 aliphatic carbocycles. The second kappa shape index (κ2) is 8.64. The summed E-state index contributed by atoms with van der Waals surface area (Å²) in [6.45, 7) is 2.23.